The number of hydrogen-bond donors (Lipinski definition) is 4. The Balaban J connectivity index is 2.55. The molecule has 23 heavy (non-hydrogen) atoms. The topological polar surface area (TPSA) is 153 Å². The molecule has 1 rings (SSSR count). The molecule has 8 nitrogen and oxygen atoms in total. The summed E-state index contributed by atoms with van der Waals surface area (Å²) in [5.41, 5.74) is 10.4. The Bertz CT molecular complexity index is 582. The van der Waals surface area contributed by atoms with Crippen LogP contribution >= 0.6 is 0 Å². The third-order valence-corrected chi connectivity index (χ3v) is 3.16. The zero-order chi connectivity index (χ0) is 17.6. The number of esters is 2. The molecule has 1 unspecified atom stereocenters. The lowest BCUT2D eigenvalue weighted by Crippen LogP contribution is -2.48. The van der Waals surface area contributed by atoms with Gasteiger partial charge in [-0.2, -0.15) is 0 Å². The lowest BCUT2D eigenvalue weighted by Gasteiger charge is -2.22. The van der Waals surface area contributed by atoms with Crippen LogP contribution in [0, 0.1) is 0 Å². The summed E-state index contributed by atoms with van der Waals surface area (Å²) in [6.45, 7) is 1.42. The first-order chi connectivity index (χ1) is 10.6. The molecule has 1 aromatic carbocycles. The van der Waals surface area contributed by atoms with E-state index in [1.54, 1.807) is 12.1 Å². The maximum atomic E-state index is 12.0. The molecular formula is C15H20N2O6. The molecule has 0 aliphatic rings. The van der Waals surface area contributed by atoms with Crippen molar-refractivity contribution in [2.45, 2.75) is 37.8 Å². The number of aromatic hydroxyl groups is 1. The molecule has 0 radical (unpaired) electrons. The van der Waals surface area contributed by atoms with Crippen LogP contribution < -0.4 is 11.5 Å². The molecule has 2 atom stereocenters. The lowest BCUT2D eigenvalue weighted by atomic mass is 9.94. The third-order valence-electron chi connectivity index (χ3n) is 3.16. The normalized spacial score (nSPS) is 14.6. The number of rotatable bonds is 7. The van der Waals surface area contributed by atoms with E-state index in [0.29, 0.717) is 5.56 Å². The number of carbonyl (C=O) groups excluding carboxylic acids is 2. The van der Waals surface area contributed by atoms with Gasteiger partial charge in [0.15, 0.2) is 0 Å². The van der Waals surface area contributed by atoms with E-state index < -0.39 is 29.5 Å². The largest absolute Gasteiger partial charge is 0.508 e. The first-order valence-corrected chi connectivity index (χ1v) is 6.92. The van der Waals surface area contributed by atoms with Crippen molar-refractivity contribution in [2.24, 2.45) is 11.5 Å². The van der Waals surface area contributed by atoms with Crippen LogP contribution in [0.5, 0.6) is 5.75 Å². The minimum atomic E-state index is -1.44. The molecule has 0 saturated carbocycles. The highest BCUT2D eigenvalue weighted by Crippen LogP contribution is 2.16. The van der Waals surface area contributed by atoms with Crippen LogP contribution in [0.2, 0.25) is 0 Å². The Kier molecular flexibility index (Phi) is 6.23. The van der Waals surface area contributed by atoms with Crippen molar-refractivity contribution >= 4 is 17.9 Å². The van der Waals surface area contributed by atoms with Gasteiger partial charge in [-0.3, -0.25) is 9.59 Å². The van der Waals surface area contributed by atoms with Crippen molar-refractivity contribution in [3.8, 4) is 5.75 Å². The van der Waals surface area contributed by atoms with Crippen molar-refractivity contribution in [2.75, 3.05) is 0 Å². The summed E-state index contributed by atoms with van der Waals surface area (Å²) in [5.74, 6) is -2.95. The lowest BCUT2D eigenvalue weighted by molar-refractivity contribution is -0.163. The van der Waals surface area contributed by atoms with Gasteiger partial charge in [-0.15, -0.1) is 0 Å². The van der Waals surface area contributed by atoms with Gasteiger partial charge in [-0.1, -0.05) is 12.1 Å². The smallest absolute Gasteiger partial charge is 0.333 e. The van der Waals surface area contributed by atoms with Crippen molar-refractivity contribution in [3.05, 3.63) is 29.8 Å². The van der Waals surface area contributed by atoms with Crippen LogP contribution in [0.4, 0.5) is 0 Å². The number of carbonyl (C=O) groups is 3. The van der Waals surface area contributed by atoms with E-state index in [-0.39, 0.29) is 25.0 Å². The predicted octanol–water partition coefficient (Wildman–Crippen LogP) is -0.0860. The van der Waals surface area contributed by atoms with Gasteiger partial charge in [0.2, 0.25) is 0 Å². The highest BCUT2D eigenvalue weighted by molar-refractivity contribution is 5.91. The second-order valence-corrected chi connectivity index (χ2v) is 5.51. The summed E-state index contributed by atoms with van der Waals surface area (Å²) in [6.07, 6.45) is -0.330. The fraction of sp³-hybridized carbons (Fsp3) is 0.400. The first kappa shape index (κ1) is 18.6. The Labute approximate surface area is 133 Å². The number of phenolic OH excluding ortho intramolecular Hbond substituents is 1. The maximum absolute atomic E-state index is 12.0. The van der Waals surface area contributed by atoms with Crippen LogP contribution in [-0.2, 0) is 25.5 Å². The highest BCUT2D eigenvalue weighted by Gasteiger charge is 2.32. The van der Waals surface area contributed by atoms with E-state index in [1.165, 1.54) is 19.1 Å². The van der Waals surface area contributed by atoms with E-state index in [9.17, 15) is 19.5 Å². The first-order valence-electron chi connectivity index (χ1n) is 6.92. The van der Waals surface area contributed by atoms with Gasteiger partial charge in [0.1, 0.15) is 17.3 Å². The number of benzene rings is 1. The number of aliphatic carboxylic acids is 1. The highest BCUT2D eigenvalue weighted by atomic mass is 16.6. The monoisotopic (exact) mass is 324 g/mol. The standard InChI is InChI=1S/C15H20N2O6/c1-15(17,8-9-2-4-10(18)5-3-9)14(22)23-12(19)7-6-11(16)13(20)21/h2-5,11,18H,6-8,16-17H2,1H3,(H,20,21)/t11?,15-/m0/s1. The van der Waals surface area contributed by atoms with Crippen LogP contribution in [-0.4, -0.2) is 39.7 Å². The van der Waals surface area contributed by atoms with Crippen molar-refractivity contribution in [1.29, 1.82) is 0 Å². The van der Waals surface area contributed by atoms with Gasteiger partial charge in [0.25, 0.3) is 0 Å². The molecule has 0 aliphatic heterocycles. The average Bonchev–Trinajstić information content (AvgIpc) is 2.46. The predicted molar refractivity (Wildman–Crippen MR) is 80.3 cm³/mol. The number of carboxylic acids is 1. The zero-order valence-corrected chi connectivity index (χ0v) is 12.7. The summed E-state index contributed by atoms with van der Waals surface area (Å²) >= 11 is 0. The van der Waals surface area contributed by atoms with Crippen LogP contribution in [0.25, 0.3) is 0 Å². The van der Waals surface area contributed by atoms with Gasteiger partial charge in [-0.05, 0) is 31.0 Å². The molecule has 126 valence electrons. The van der Waals surface area contributed by atoms with Crippen LogP contribution in [0.15, 0.2) is 24.3 Å². The number of nitrogens with two attached hydrogens (primary N) is 2. The summed E-state index contributed by atoms with van der Waals surface area (Å²) in [5, 5.41) is 17.8. The van der Waals surface area contributed by atoms with Gasteiger partial charge in [0.05, 0.1) is 0 Å². The van der Waals surface area contributed by atoms with Gasteiger partial charge in [-0.25, -0.2) is 4.79 Å². The number of hydrogen-bond acceptors (Lipinski definition) is 7. The van der Waals surface area contributed by atoms with Crippen LogP contribution in [0.1, 0.15) is 25.3 Å². The van der Waals surface area contributed by atoms with Crippen molar-refractivity contribution < 1.29 is 29.3 Å². The second-order valence-electron chi connectivity index (χ2n) is 5.51. The number of ether oxygens (including phenoxy) is 1. The summed E-state index contributed by atoms with van der Waals surface area (Å²) in [6, 6.07) is 4.91. The molecule has 0 heterocycles. The molecule has 0 fully saturated rings. The van der Waals surface area contributed by atoms with E-state index in [2.05, 4.69) is 4.74 Å². The molecule has 8 heteroatoms. The van der Waals surface area contributed by atoms with E-state index in [1.807, 2.05) is 0 Å². The molecular weight excluding hydrogens is 304 g/mol. The summed E-state index contributed by atoms with van der Waals surface area (Å²) < 4.78 is 4.64. The fourth-order valence-electron chi connectivity index (χ4n) is 1.78. The van der Waals surface area contributed by atoms with Crippen molar-refractivity contribution in [1.82, 2.24) is 0 Å². The van der Waals surface area contributed by atoms with Crippen LogP contribution in [0.3, 0.4) is 0 Å². The molecule has 0 spiro atoms. The quantitative estimate of drug-likeness (QED) is 0.401. The van der Waals surface area contributed by atoms with Crippen molar-refractivity contribution in [3.63, 3.8) is 0 Å². The van der Waals surface area contributed by atoms with Gasteiger partial charge in [0, 0.05) is 12.8 Å². The summed E-state index contributed by atoms with van der Waals surface area (Å²) in [4.78, 5) is 34.0. The molecule has 0 bridgehead atoms. The Morgan fingerprint density at radius 3 is 2.35 bits per heavy atom. The number of carboxylic acid groups (broad SMARTS) is 1. The molecule has 0 saturated heterocycles. The molecule has 1 aromatic rings. The number of phenols is 1. The minimum Gasteiger partial charge on any atom is -0.508 e. The zero-order valence-electron chi connectivity index (χ0n) is 12.7. The van der Waals surface area contributed by atoms with E-state index >= 15 is 0 Å². The minimum absolute atomic E-state index is 0.0833. The molecule has 0 amide bonds. The van der Waals surface area contributed by atoms with E-state index in [4.69, 9.17) is 16.6 Å². The Morgan fingerprint density at radius 2 is 1.83 bits per heavy atom. The fourth-order valence-corrected chi connectivity index (χ4v) is 1.78. The van der Waals surface area contributed by atoms with Gasteiger partial charge < -0.3 is 26.4 Å². The van der Waals surface area contributed by atoms with E-state index in [0.717, 1.165) is 0 Å². The Morgan fingerprint density at radius 1 is 1.26 bits per heavy atom. The SMILES string of the molecule is C[C@](N)(Cc1ccc(O)cc1)C(=O)OC(=O)CCC(N)C(=O)O. The third kappa shape index (κ3) is 6.05. The molecule has 6 N–H and O–H groups in total. The summed E-state index contributed by atoms with van der Waals surface area (Å²) in [7, 11) is 0. The molecule has 0 aliphatic carbocycles. The average molecular weight is 324 g/mol. The molecule has 0 aromatic heterocycles. The Hall–Kier alpha value is -2.45. The maximum Gasteiger partial charge on any atom is 0.333 e. The van der Waals surface area contributed by atoms with Gasteiger partial charge >= 0.3 is 17.9 Å². The second kappa shape index (κ2) is 7.70.